The molecule has 0 bridgehead atoms. The van der Waals surface area contributed by atoms with Gasteiger partial charge in [0.05, 0.1) is 11.4 Å². The van der Waals surface area contributed by atoms with E-state index >= 15 is 0 Å². The highest BCUT2D eigenvalue weighted by Gasteiger charge is 2.29. The van der Waals surface area contributed by atoms with E-state index < -0.39 is 16.0 Å². The smallest absolute Gasteiger partial charge is 0.329 e. The van der Waals surface area contributed by atoms with E-state index in [0.717, 1.165) is 17.8 Å². The molecule has 1 aliphatic heterocycles. The Balaban J connectivity index is 2.69. The zero-order valence-corrected chi connectivity index (χ0v) is 14.4. The number of carboxylic acids is 1. The lowest BCUT2D eigenvalue weighted by atomic mass is 10.2. The van der Waals surface area contributed by atoms with Crippen LogP contribution in [0.4, 0.5) is 0 Å². The van der Waals surface area contributed by atoms with Crippen molar-refractivity contribution in [1.29, 1.82) is 0 Å². The third-order valence-corrected chi connectivity index (χ3v) is 5.84. The molecule has 0 spiro atoms. The predicted octanol–water partition coefficient (Wildman–Crippen LogP) is 2.59. The van der Waals surface area contributed by atoms with Crippen molar-refractivity contribution >= 4 is 45.2 Å². The zero-order chi connectivity index (χ0) is 17.2. The molecule has 0 aliphatic carbocycles. The van der Waals surface area contributed by atoms with Gasteiger partial charge in [0.15, 0.2) is 0 Å². The number of rotatable bonds is 3. The molecule has 0 saturated carbocycles. The number of carboxylic acid groups (broad SMARTS) is 1. The average molecular weight is 373 g/mol. The third kappa shape index (κ3) is 3.95. The molecule has 23 heavy (non-hydrogen) atoms. The van der Waals surface area contributed by atoms with Crippen LogP contribution in [-0.2, 0) is 14.8 Å². The molecule has 0 atom stereocenters. The molecule has 0 radical (unpaired) electrons. The van der Waals surface area contributed by atoms with E-state index in [2.05, 4.69) is 16.3 Å². The third-order valence-electron chi connectivity index (χ3n) is 2.83. The topological polar surface area (TPSA) is 95.8 Å². The number of hydrogen-bond acceptors (Lipinski definition) is 5. The number of aliphatic imine (C=N–C) groups is 1. The Hall–Kier alpha value is -1.77. The summed E-state index contributed by atoms with van der Waals surface area (Å²) < 4.78 is 27.4. The minimum atomic E-state index is -3.89. The zero-order valence-electron chi connectivity index (χ0n) is 12.0. The summed E-state index contributed by atoms with van der Waals surface area (Å²) in [6.07, 6.45) is 2.38. The number of aryl methyl sites for hydroxylation is 1. The van der Waals surface area contributed by atoms with Crippen molar-refractivity contribution in [3.63, 3.8) is 0 Å². The van der Waals surface area contributed by atoms with Gasteiger partial charge in [-0.25, -0.2) is 13.2 Å². The van der Waals surface area contributed by atoms with Crippen LogP contribution in [0.1, 0.15) is 5.56 Å². The summed E-state index contributed by atoms with van der Waals surface area (Å²) in [5, 5.41) is 9.41. The quantitative estimate of drug-likeness (QED) is 0.628. The van der Waals surface area contributed by atoms with Gasteiger partial charge in [-0.1, -0.05) is 29.4 Å². The van der Waals surface area contributed by atoms with Gasteiger partial charge in [-0.2, -0.15) is 0 Å². The Labute approximate surface area is 143 Å². The van der Waals surface area contributed by atoms with E-state index in [1.54, 1.807) is 6.92 Å². The van der Waals surface area contributed by atoms with Crippen LogP contribution >= 0.6 is 23.4 Å². The van der Waals surface area contributed by atoms with Crippen LogP contribution in [0.25, 0.3) is 0 Å². The number of halogens is 1. The van der Waals surface area contributed by atoms with Gasteiger partial charge in [-0.05, 0) is 24.6 Å². The lowest BCUT2D eigenvalue weighted by Gasteiger charge is -2.08. The molecule has 0 fully saturated rings. The van der Waals surface area contributed by atoms with E-state index in [-0.39, 0.29) is 22.2 Å². The first-order valence-electron chi connectivity index (χ1n) is 6.35. The highest BCUT2D eigenvalue weighted by atomic mass is 35.5. The lowest BCUT2D eigenvalue weighted by molar-refractivity contribution is -0.131. The predicted molar refractivity (Wildman–Crippen MR) is 90.6 cm³/mol. The Bertz CT molecular complexity index is 845. The summed E-state index contributed by atoms with van der Waals surface area (Å²) >= 11 is 7.04. The van der Waals surface area contributed by atoms with Crippen LogP contribution < -0.4 is 4.72 Å². The molecule has 1 aromatic rings. The maximum Gasteiger partial charge on any atom is 0.329 e. The molecule has 1 aromatic carbocycles. The van der Waals surface area contributed by atoms with E-state index in [1.807, 2.05) is 0 Å². The number of thioether (sulfide) groups is 1. The van der Waals surface area contributed by atoms with E-state index in [9.17, 15) is 13.2 Å². The van der Waals surface area contributed by atoms with Crippen LogP contribution in [0.3, 0.4) is 0 Å². The molecule has 2 rings (SSSR count). The molecule has 2 N–H and O–H groups in total. The summed E-state index contributed by atoms with van der Waals surface area (Å²) in [5.41, 5.74) is 0.603. The van der Waals surface area contributed by atoms with Crippen LogP contribution in [0, 0.1) is 6.92 Å². The molecule has 0 aromatic heterocycles. The van der Waals surface area contributed by atoms with Gasteiger partial charge >= 0.3 is 5.97 Å². The molecule has 0 unspecified atom stereocenters. The summed E-state index contributed by atoms with van der Waals surface area (Å²) in [4.78, 5) is 15.6. The van der Waals surface area contributed by atoms with Crippen molar-refractivity contribution in [3.8, 4) is 0 Å². The second kappa shape index (κ2) is 6.77. The fourth-order valence-corrected chi connectivity index (χ4v) is 4.69. The standard InChI is InChI=1S/C14H13ClN2O4S2/c1-3-4-16-14-11(7-13(18)19)22-10-6-9(15)8(2)5-12(10)23(20,21)17-14/h3,5-7H,1,4H2,2H3,(H,16,17)(H,18,19)/b11-7-. The number of fused-ring (bicyclic) bond motifs is 1. The molecule has 9 heteroatoms. The van der Waals surface area contributed by atoms with Gasteiger partial charge in [-0.15, -0.1) is 6.58 Å². The van der Waals surface area contributed by atoms with Crippen LogP contribution in [-0.4, -0.2) is 31.9 Å². The number of sulfonamides is 1. The number of amidine groups is 1. The first kappa shape index (κ1) is 17.6. The van der Waals surface area contributed by atoms with Gasteiger partial charge < -0.3 is 5.11 Å². The highest BCUT2D eigenvalue weighted by Crippen LogP contribution is 2.38. The molecular formula is C14H13ClN2O4S2. The molecule has 1 aliphatic rings. The summed E-state index contributed by atoms with van der Waals surface area (Å²) in [6, 6.07) is 2.95. The minimum absolute atomic E-state index is 0.0319. The van der Waals surface area contributed by atoms with E-state index in [0.29, 0.717) is 15.5 Å². The molecular weight excluding hydrogens is 360 g/mol. The molecule has 0 amide bonds. The lowest BCUT2D eigenvalue weighted by Crippen LogP contribution is -2.30. The highest BCUT2D eigenvalue weighted by molar-refractivity contribution is 8.05. The first-order valence-corrected chi connectivity index (χ1v) is 9.03. The van der Waals surface area contributed by atoms with Crippen molar-refractivity contribution in [1.82, 2.24) is 4.72 Å². The largest absolute Gasteiger partial charge is 0.478 e. The first-order chi connectivity index (χ1) is 10.7. The Morgan fingerprint density at radius 1 is 1.52 bits per heavy atom. The van der Waals surface area contributed by atoms with Crippen LogP contribution in [0.5, 0.6) is 0 Å². The van der Waals surface area contributed by atoms with Gasteiger partial charge in [-0.3, -0.25) is 9.71 Å². The summed E-state index contributed by atoms with van der Waals surface area (Å²) in [6.45, 7) is 5.34. The van der Waals surface area contributed by atoms with Gasteiger partial charge in [0.2, 0.25) is 0 Å². The summed E-state index contributed by atoms with van der Waals surface area (Å²) in [5.74, 6) is -1.25. The van der Waals surface area contributed by atoms with Crippen molar-refractivity contribution in [2.45, 2.75) is 16.7 Å². The van der Waals surface area contributed by atoms with Gasteiger partial charge in [0, 0.05) is 16.0 Å². The van der Waals surface area contributed by atoms with Crippen molar-refractivity contribution in [3.05, 3.63) is 46.4 Å². The van der Waals surface area contributed by atoms with Crippen molar-refractivity contribution in [2.24, 2.45) is 4.99 Å². The number of benzene rings is 1. The van der Waals surface area contributed by atoms with Crippen LogP contribution in [0.15, 0.2) is 50.6 Å². The molecule has 1 heterocycles. The minimum Gasteiger partial charge on any atom is -0.478 e. The SMILES string of the molecule is C=CCN=C1NS(=O)(=O)c2cc(C)c(Cl)cc2S/C1=C\C(=O)O. The Morgan fingerprint density at radius 3 is 2.83 bits per heavy atom. The van der Waals surface area contributed by atoms with Crippen molar-refractivity contribution < 1.29 is 18.3 Å². The maximum atomic E-state index is 12.5. The Morgan fingerprint density at radius 2 is 2.22 bits per heavy atom. The number of carbonyl (C=O) groups is 1. The fraction of sp³-hybridized carbons (Fsp3) is 0.143. The number of nitrogens with one attached hydrogen (secondary N) is 1. The Kier molecular flexibility index (Phi) is 5.18. The number of hydrogen-bond donors (Lipinski definition) is 2. The molecule has 0 saturated heterocycles. The normalized spacial score (nSPS) is 19.7. The number of aliphatic carboxylic acids is 1. The maximum absolute atomic E-state index is 12.5. The number of nitrogens with zero attached hydrogens (tertiary/aromatic N) is 1. The van der Waals surface area contributed by atoms with E-state index in [4.69, 9.17) is 16.7 Å². The molecule has 122 valence electrons. The van der Waals surface area contributed by atoms with Crippen molar-refractivity contribution in [2.75, 3.05) is 6.54 Å². The van der Waals surface area contributed by atoms with Gasteiger partial charge in [0.25, 0.3) is 10.0 Å². The monoisotopic (exact) mass is 372 g/mol. The summed E-state index contributed by atoms with van der Waals surface area (Å²) in [7, 11) is -3.89. The van der Waals surface area contributed by atoms with Gasteiger partial charge in [0.1, 0.15) is 10.7 Å². The molecule has 6 nitrogen and oxygen atoms in total. The van der Waals surface area contributed by atoms with E-state index in [1.165, 1.54) is 18.2 Å². The second-order valence-electron chi connectivity index (χ2n) is 4.58. The average Bonchev–Trinajstić information content (AvgIpc) is 2.53. The fourth-order valence-electron chi connectivity index (χ4n) is 1.80. The van der Waals surface area contributed by atoms with Crippen LogP contribution in [0.2, 0.25) is 5.02 Å². The second-order valence-corrected chi connectivity index (χ2v) is 7.72.